The van der Waals surface area contributed by atoms with Gasteiger partial charge in [0, 0.05) is 35.4 Å². The van der Waals surface area contributed by atoms with Gasteiger partial charge in [0.1, 0.15) is 0 Å². The molecule has 4 rings (SSSR count). The standard InChI is InChI=1S/C21H24N4O/c1-11-12(2)23-19-17(11)18(13(3)24-20(19)21(22)26)16-7-5-6-14-10-25(4)9-8-15(14)16/h5-7,23H,8-10H2,1-4H3,(H2,22,26). The number of benzene rings is 1. The van der Waals surface area contributed by atoms with E-state index in [9.17, 15) is 4.79 Å². The Balaban J connectivity index is 2.08. The van der Waals surface area contributed by atoms with Crippen molar-refractivity contribution in [3.05, 3.63) is 52.0 Å². The van der Waals surface area contributed by atoms with Crippen molar-refractivity contribution in [1.82, 2.24) is 14.9 Å². The first-order chi connectivity index (χ1) is 12.4. The van der Waals surface area contributed by atoms with Crippen molar-refractivity contribution in [2.45, 2.75) is 33.7 Å². The van der Waals surface area contributed by atoms with Gasteiger partial charge in [0.15, 0.2) is 5.69 Å². The van der Waals surface area contributed by atoms with Crippen LogP contribution in [0.2, 0.25) is 0 Å². The van der Waals surface area contributed by atoms with Crippen molar-refractivity contribution >= 4 is 16.8 Å². The van der Waals surface area contributed by atoms with Gasteiger partial charge in [-0.1, -0.05) is 18.2 Å². The maximum atomic E-state index is 11.9. The molecule has 0 saturated carbocycles. The molecule has 0 saturated heterocycles. The average Bonchev–Trinajstić information content (AvgIpc) is 2.89. The fraction of sp³-hybridized carbons (Fsp3) is 0.333. The van der Waals surface area contributed by atoms with Crippen LogP contribution in [-0.2, 0) is 13.0 Å². The molecule has 0 spiro atoms. The fourth-order valence-electron chi connectivity index (χ4n) is 4.16. The number of aromatic nitrogens is 2. The van der Waals surface area contributed by atoms with Gasteiger partial charge in [-0.25, -0.2) is 4.98 Å². The van der Waals surface area contributed by atoms with Crippen LogP contribution < -0.4 is 5.73 Å². The third-order valence-corrected chi connectivity index (χ3v) is 5.59. The van der Waals surface area contributed by atoms with Crippen molar-refractivity contribution in [3.63, 3.8) is 0 Å². The number of aryl methyl sites for hydroxylation is 3. The summed E-state index contributed by atoms with van der Waals surface area (Å²) in [5.74, 6) is -0.498. The van der Waals surface area contributed by atoms with E-state index in [2.05, 4.69) is 47.0 Å². The molecule has 1 aliphatic heterocycles. The highest BCUT2D eigenvalue weighted by molar-refractivity contribution is 6.09. The summed E-state index contributed by atoms with van der Waals surface area (Å²) in [6.45, 7) is 8.09. The van der Waals surface area contributed by atoms with E-state index >= 15 is 0 Å². The van der Waals surface area contributed by atoms with Gasteiger partial charge in [0.2, 0.25) is 0 Å². The lowest BCUT2D eigenvalue weighted by molar-refractivity contribution is 0.0997. The number of likely N-dealkylation sites (N-methyl/N-ethyl adjacent to an activating group) is 1. The van der Waals surface area contributed by atoms with Crippen molar-refractivity contribution in [1.29, 1.82) is 0 Å². The van der Waals surface area contributed by atoms with Crippen LogP contribution in [0.1, 0.15) is 38.6 Å². The van der Waals surface area contributed by atoms with Gasteiger partial charge >= 0.3 is 0 Å². The monoisotopic (exact) mass is 348 g/mol. The molecule has 3 heterocycles. The summed E-state index contributed by atoms with van der Waals surface area (Å²) in [5, 5.41) is 1.07. The Morgan fingerprint density at radius 2 is 2.04 bits per heavy atom. The van der Waals surface area contributed by atoms with E-state index in [-0.39, 0.29) is 0 Å². The largest absolute Gasteiger partial charge is 0.364 e. The predicted molar refractivity (Wildman–Crippen MR) is 104 cm³/mol. The Morgan fingerprint density at radius 3 is 2.77 bits per heavy atom. The summed E-state index contributed by atoms with van der Waals surface area (Å²) in [4.78, 5) is 22.2. The number of pyridine rings is 1. The van der Waals surface area contributed by atoms with Crippen LogP contribution in [0.25, 0.3) is 22.0 Å². The second kappa shape index (κ2) is 5.95. The second-order valence-corrected chi connectivity index (χ2v) is 7.34. The van der Waals surface area contributed by atoms with E-state index < -0.39 is 5.91 Å². The Kier molecular flexibility index (Phi) is 3.84. The van der Waals surface area contributed by atoms with Gasteiger partial charge in [-0.3, -0.25) is 4.79 Å². The number of hydrogen-bond acceptors (Lipinski definition) is 3. The molecular formula is C21H24N4O. The molecule has 0 radical (unpaired) electrons. The van der Waals surface area contributed by atoms with Crippen molar-refractivity contribution in [2.24, 2.45) is 5.73 Å². The van der Waals surface area contributed by atoms with E-state index in [1.54, 1.807) is 0 Å². The quantitative estimate of drug-likeness (QED) is 0.746. The highest BCUT2D eigenvalue weighted by atomic mass is 16.1. The third-order valence-electron chi connectivity index (χ3n) is 5.59. The smallest absolute Gasteiger partial charge is 0.269 e. The summed E-state index contributed by atoms with van der Waals surface area (Å²) >= 11 is 0. The molecule has 3 aromatic rings. The number of primary amides is 1. The van der Waals surface area contributed by atoms with Gasteiger partial charge in [0.25, 0.3) is 5.91 Å². The minimum Gasteiger partial charge on any atom is -0.364 e. The molecule has 26 heavy (non-hydrogen) atoms. The topological polar surface area (TPSA) is 75.0 Å². The summed E-state index contributed by atoms with van der Waals surface area (Å²) in [6, 6.07) is 6.51. The van der Waals surface area contributed by atoms with Gasteiger partial charge in [-0.15, -0.1) is 0 Å². The summed E-state index contributed by atoms with van der Waals surface area (Å²) in [6.07, 6.45) is 1.02. The molecule has 0 unspecified atom stereocenters. The van der Waals surface area contributed by atoms with E-state index in [1.807, 2.05) is 13.8 Å². The SMILES string of the molecule is Cc1nc(C(N)=O)c2[nH]c(C)c(C)c2c1-c1cccc2c1CCN(C)C2. The molecule has 3 N–H and O–H groups in total. The van der Waals surface area contributed by atoms with E-state index in [1.165, 1.54) is 16.7 Å². The maximum absolute atomic E-state index is 11.9. The first kappa shape index (κ1) is 16.8. The number of nitrogens with one attached hydrogen (secondary N) is 1. The van der Waals surface area contributed by atoms with Crippen LogP contribution in [0.15, 0.2) is 18.2 Å². The molecule has 134 valence electrons. The molecule has 1 aliphatic rings. The van der Waals surface area contributed by atoms with Gasteiger partial charge in [0.05, 0.1) is 5.52 Å². The molecule has 1 amide bonds. The van der Waals surface area contributed by atoms with Gasteiger partial charge in [-0.2, -0.15) is 0 Å². The molecule has 5 nitrogen and oxygen atoms in total. The molecule has 1 aromatic carbocycles. The number of nitrogens with zero attached hydrogens (tertiary/aromatic N) is 2. The molecule has 5 heteroatoms. The minimum atomic E-state index is -0.498. The highest BCUT2D eigenvalue weighted by Gasteiger charge is 2.24. The zero-order chi connectivity index (χ0) is 18.6. The molecular weight excluding hydrogens is 324 g/mol. The number of aromatic amines is 1. The van der Waals surface area contributed by atoms with Crippen LogP contribution in [-0.4, -0.2) is 34.4 Å². The zero-order valence-corrected chi connectivity index (χ0v) is 15.7. The maximum Gasteiger partial charge on any atom is 0.269 e. The van der Waals surface area contributed by atoms with E-state index in [0.717, 1.165) is 52.9 Å². The number of H-pyrrole nitrogens is 1. The molecule has 2 aromatic heterocycles. The number of rotatable bonds is 2. The number of carbonyl (C=O) groups excluding carboxylic acids is 1. The lowest BCUT2D eigenvalue weighted by Gasteiger charge is -2.27. The fourth-order valence-corrected chi connectivity index (χ4v) is 4.16. The molecule has 0 bridgehead atoms. The first-order valence-electron chi connectivity index (χ1n) is 8.97. The van der Waals surface area contributed by atoms with Crippen LogP contribution in [0.4, 0.5) is 0 Å². The Labute approximate surface area is 153 Å². The lowest BCUT2D eigenvalue weighted by atomic mass is 9.88. The van der Waals surface area contributed by atoms with Gasteiger partial charge in [-0.05, 0) is 56.5 Å². The normalized spacial score (nSPS) is 14.6. The zero-order valence-electron chi connectivity index (χ0n) is 15.7. The third kappa shape index (κ3) is 2.42. The molecule has 0 fully saturated rings. The molecule has 0 aliphatic carbocycles. The van der Waals surface area contributed by atoms with Crippen LogP contribution >= 0.6 is 0 Å². The minimum absolute atomic E-state index is 0.321. The molecule has 0 atom stereocenters. The number of amides is 1. The van der Waals surface area contributed by atoms with Crippen molar-refractivity contribution in [2.75, 3.05) is 13.6 Å². The summed E-state index contributed by atoms with van der Waals surface area (Å²) in [7, 11) is 2.15. The van der Waals surface area contributed by atoms with Crippen LogP contribution in [0.3, 0.4) is 0 Å². The number of hydrogen-bond donors (Lipinski definition) is 2. The Morgan fingerprint density at radius 1 is 1.27 bits per heavy atom. The average molecular weight is 348 g/mol. The lowest BCUT2D eigenvalue weighted by Crippen LogP contribution is -2.27. The highest BCUT2D eigenvalue weighted by Crippen LogP contribution is 2.39. The van der Waals surface area contributed by atoms with E-state index in [4.69, 9.17) is 5.73 Å². The number of nitrogens with two attached hydrogens (primary N) is 1. The number of fused-ring (bicyclic) bond motifs is 2. The Hall–Kier alpha value is -2.66. The van der Waals surface area contributed by atoms with Crippen LogP contribution in [0, 0.1) is 20.8 Å². The Bertz CT molecular complexity index is 1050. The number of carbonyl (C=O) groups is 1. The second-order valence-electron chi connectivity index (χ2n) is 7.34. The van der Waals surface area contributed by atoms with E-state index in [0.29, 0.717) is 5.69 Å². The first-order valence-corrected chi connectivity index (χ1v) is 8.97. The van der Waals surface area contributed by atoms with Crippen molar-refractivity contribution < 1.29 is 4.79 Å². The van der Waals surface area contributed by atoms with Crippen molar-refractivity contribution in [3.8, 4) is 11.1 Å². The van der Waals surface area contributed by atoms with Gasteiger partial charge < -0.3 is 15.6 Å². The summed E-state index contributed by atoms with van der Waals surface area (Å²) < 4.78 is 0. The predicted octanol–water partition coefficient (Wildman–Crippen LogP) is 3.24. The van der Waals surface area contributed by atoms with Crippen LogP contribution in [0.5, 0.6) is 0 Å². The summed E-state index contributed by atoms with van der Waals surface area (Å²) in [5.41, 5.74) is 14.8.